The lowest BCUT2D eigenvalue weighted by molar-refractivity contribution is -0.160. The van der Waals surface area contributed by atoms with E-state index in [9.17, 15) is 9.90 Å². The molecule has 0 aromatic carbocycles. The van der Waals surface area contributed by atoms with E-state index < -0.39 is 0 Å². The van der Waals surface area contributed by atoms with Crippen LogP contribution in [0.1, 0.15) is 25.7 Å². The molecule has 3 fully saturated rings. The molecule has 15 heavy (non-hydrogen) atoms. The smallest absolute Gasteiger partial charge is 0.313 e. The second-order valence-electron chi connectivity index (χ2n) is 4.56. The number of halogens is 1. The molecule has 2 N–H and O–H groups in total. The summed E-state index contributed by atoms with van der Waals surface area (Å²) in [6.45, 7) is 0.824. The first kappa shape index (κ1) is 12.7. The Morgan fingerprint density at radius 1 is 1.40 bits per heavy atom. The predicted molar refractivity (Wildman–Crippen MR) is 58.0 cm³/mol. The van der Waals surface area contributed by atoms with E-state index in [2.05, 4.69) is 5.32 Å². The van der Waals surface area contributed by atoms with E-state index >= 15 is 0 Å². The molecule has 0 amide bonds. The summed E-state index contributed by atoms with van der Waals surface area (Å²) in [5.41, 5.74) is -0.429. The van der Waals surface area contributed by atoms with Gasteiger partial charge in [0.2, 0.25) is 0 Å². The number of hydrogen-bond donors (Lipinski definition) is 2. The number of rotatable bonds is 2. The number of aliphatic hydroxyl groups is 1. The maximum absolute atomic E-state index is 11.6. The Kier molecular flexibility index (Phi) is 3.63. The number of nitrogens with one attached hydrogen (secondary N) is 1. The molecule has 5 heteroatoms. The minimum absolute atomic E-state index is 0. The van der Waals surface area contributed by atoms with Crippen molar-refractivity contribution in [1.29, 1.82) is 0 Å². The van der Waals surface area contributed by atoms with Gasteiger partial charge in [0.15, 0.2) is 0 Å². The van der Waals surface area contributed by atoms with Crippen molar-refractivity contribution in [2.45, 2.75) is 31.2 Å². The minimum atomic E-state index is -0.314. The molecule has 3 rings (SSSR count). The fourth-order valence-electron chi connectivity index (χ4n) is 2.62. The lowest BCUT2D eigenvalue weighted by atomic mass is 9.63. The van der Waals surface area contributed by atoms with Gasteiger partial charge in [-0.15, -0.1) is 12.4 Å². The van der Waals surface area contributed by atoms with Crippen LogP contribution in [-0.2, 0) is 9.53 Å². The Morgan fingerprint density at radius 2 is 2.00 bits per heavy atom. The van der Waals surface area contributed by atoms with Crippen molar-refractivity contribution in [3.05, 3.63) is 0 Å². The third kappa shape index (κ3) is 1.86. The van der Waals surface area contributed by atoms with Crippen LogP contribution in [0.2, 0.25) is 0 Å². The first-order chi connectivity index (χ1) is 6.66. The number of methoxy groups -OCH3 is 1. The summed E-state index contributed by atoms with van der Waals surface area (Å²) in [7, 11) is 1.44. The average molecular weight is 236 g/mol. The van der Waals surface area contributed by atoms with Crippen molar-refractivity contribution in [2.75, 3.05) is 20.3 Å². The molecule has 0 unspecified atom stereocenters. The highest BCUT2D eigenvalue weighted by Gasteiger charge is 2.52. The molecule has 3 aliphatic rings. The molecule has 0 aromatic rings. The third-order valence-electron chi connectivity index (χ3n) is 3.89. The molecule has 2 heterocycles. The molecule has 2 bridgehead atoms. The van der Waals surface area contributed by atoms with E-state index in [-0.39, 0.29) is 35.9 Å². The van der Waals surface area contributed by atoms with Crippen LogP contribution in [0.3, 0.4) is 0 Å². The number of carbonyl (C=O) groups excluding carboxylic acids is 1. The van der Waals surface area contributed by atoms with Crippen LogP contribution in [-0.4, -0.2) is 36.9 Å². The molecule has 1 aliphatic carbocycles. The molecular weight excluding hydrogens is 218 g/mol. The van der Waals surface area contributed by atoms with Gasteiger partial charge in [-0.25, -0.2) is 0 Å². The number of esters is 1. The number of hydrogen-bond acceptors (Lipinski definition) is 4. The van der Waals surface area contributed by atoms with Crippen molar-refractivity contribution in [1.82, 2.24) is 5.32 Å². The van der Waals surface area contributed by atoms with Gasteiger partial charge in [-0.1, -0.05) is 0 Å². The van der Waals surface area contributed by atoms with Crippen LogP contribution in [0.15, 0.2) is 0 Å². The lowest BCUT2D eigenvalue weighted by Gasteiger charge is -2.51. The van der Waals surface area contributed by atoms with Crippen LogP contribution in [0.25, 0.3) is 0 Å². The molecule has 2 aliphatic heterocycles. The minimum Gasteiger partial charge on any atom is -0.469 e. The molecule has 4 nitrogen and oxygen atoms in total. The van der Waals surface area contributed by atoms with Crippen molar-refractivity contribution >= 4 is 18.4 Å². The van der Waals surface area contributed by atoms with Gasteiger partial charge in [-0.2, -0.15) is 0 Å². The summed E-state index contributed by atoms with van der Waals surface area (Å²) >= 11 is 0. The number of carbonyl (C=O) groups is 1. The summed E-state index contributed by atoms with van der Waals surface area (Å²) < 4.78 is 4.83. The highest BCUT2D eigenvalue weighted by Crippen LogP contribution is 2.45. The van der Waals surface area contributed by atoms with E-state index in [0.717, 1.165) is 25.7 Å². The summed E-state index contributed by atoms with van der Waals surface area (Å²) in [6.07, 6.45) is 3.43. The van der Waals surface area contributed by atoms with Crippen LogP contribution in [0.5, 0.6) is 0 Å². The zero-order valence-corrected chi connectivity index (χ0v) is 9.73. The topological polar surface area (TPSA) is 58.6 Å². The number of piperidine rings is 2. The molecule has 0 aromatic heterocycles. The lowest BCUT2D eigenvalue weighted by Crippen LogP contribution is -2.64. The normalized spacial score (nSPS) is 38.3. The first-order valence-corrected chi connectivity index (χ1v) is 5.11. The number of fused-ring (bicyclic) bond motifs is 3. The average Bonchev–Trinajstić information content (AvgIpc) is 2.30. The fourth-order valence-corrected chi connectivity index (χ4v) is 2.62. The zero-order valence-electron chi connectivity index (χ0n) is 8.91. The van der Waals surface area contributed by atoms with Gasteiger partial charge in [0, 0.05) is 12.1 Å². The van der Waals surface area contributed by atoms with E-state index in [0.29, 0.717) is 6.54 Å². The largest absolute Gasteiger partial charge is 0.469 e. The fraction of sp³-hybridized carbons (Fsp3) is 0.900. The second kappa shape index (κ2) is 4.28. The van der Waals surface area contributed by atoms with Gasteiger partial charge in [0.25, 0.3) is 0 Å². The van der Waals surface area contributed by atoms with Gasteiger partial charge in [0.05, 0.1) is 19.1 Å². The van der Waals surface area contributed by atoms with Crippen molar-refractivity contribution in [3.8, 4) is 0 Å². The Morgan fingerprint density at radius 3 is 2.33 bits per heavy atom. The van der Waals surface area contributed by atoms with Crippen molar-refractivity contribution in [3.63, 3.8) is 0 Å². The van der Waals surface area contributed by atoms with E-state index in [1.165, 1.54) is 7.11 Å². The summed E-state index contributed by atoms with van der Waals surface area (Å²) in [5, 5.41) is 12.6. The quantitative estimate of drug-likeness (QED) is 0.684. The summed E-state index contributed by atoms with van der Waals surface area (Å²) in [6, 6.07) is 0. The molecule has 0 radical (unpaired) electrons. The van der Waals surface area contributed by atoms with Gasteiger partial charge >= 0.3 is 5.97 Å². The van der Waals surface area contributed by atoms with Crippen LogP contribution < -0.4 is 5.32 Å². The van der Waals surface area contributed by atoms with E-state index in [1.54, 1.807) is 0 Å². The zero-order chi connectivity index (χ0) is 10.2. The number of aliphatic hydroxyl groups excluding tert-OH is 1. The van der Waals surface area contributed by atoms with Gasteiger partial charge in [0.1, 0.15) is 0 Å². The van der Waals surface area contributed by atoms with Crippen molar-refractivity contribution < 1.29 is 14.6 Å². The highest BCUT2D eigenvalue weighted by molar-refractivity contribution is 5.85. The Balaban J connectivity index is 0.00000112. The van der Waals surface area contributed by atoms with Crippen LogP contribution >= 0.6 is 12.4 Å². The maximum atomic E-state index is 11.6. The summed E-state index contributed by atoms with van der Waals surface area (Å²) in [4.78, 5) is 11.6. The highest BCUT2D eigenvalue weighted by atomic mass is 35.5. The third-order valence-corrected chi connectivity index (χ3v) is 3.89. The first-order valence-electron chi connectivity index (χ1n) is 5.11. The van der Waals surface area contributed by atoms with Gasteiger partial charge in [-0.3, -0.25) is 4.79 Å². The maximum Gasteiger partial charge on any atom is 0.313 e. The number of ether oxygens (including phenoxy) is 1. The van der Waals surface area contributed by atoms with Crippen molar-refractivity contribution in [2.24, 2.45) is 5.41 Å². The van der Waals surface area contributed by atoms with Gasteiger partial charge in [-0.05, 0) is 25.7 Å². The van der Waals surface area contributed by atoms with Crippen LogP contribution in [0.4, 0.5) is 0 Å². The molecule has 0 atom stereocenters. The van der Waals surface area contributed by atoms with E-state index in [1.807, 2.05) is 0 Å². The monoisotopic (exact) mass is 235 g/mol. The molecule has 0 spiro atoms. The Labute approximate surface area is 95.8 Å². The van der Waals surface area contributed by atoms with Crippen LogP contribution in [0, 0.1) is 5.41 Å². The summed E-state index contributed by atoms with van der Waals surface area (Å²) in [5.74, 6) is -0.101. The standard InChI is InChI=1S/C10H17NO3.ClH/c1-14-8(13)9-2-4-10(7-12,5-3-9)11-6-9;/h11-12H,2-7H2,1H3;1H. The van der Waals surface area contributed by atoms with E-state index in [4.69, 9.17) is 4.74 Å². The van der Waals surface area contributed by atoms with Gasteiger partial charge < -0.3 is 15.2 Å². The predicted octanol–water partition coefficient (Wildman–Crippen LogP) is 0.476. The Hall–Kier alpha value is -0.320. The molecule has 1 saturated carbocycles. The molecule has 2 saturated heterocycles. The molecular formula is C10H18ClNO3. The SMILES string of the molecule is COC(=O)C12CCC(CO)(CC1)NC2.Cl. The Bertz CT molecular complexity index is 233. The second-order valence-corrected chi connectivity index (χ2v) is 4.56. The molecule has 88 valence electrons.